The van der Waals surface area contributed by atoms with E-state index in [9.17, 15) is 23.7 Å². The highest BCUT2D eigenvalue weighted by atomic mass is 19.3. The molecule has 0 saturated heterocycles. The van der Waals surface area contributed by atoms with Crippen LogP contribution in [0.2, 0.25) is 0 Å². The zero-order valence-corrected chi connectivity index (χ0v) is 7.74. The van der Waals surface area contributed by atoms with E-state index in [1.807, 2.05) is 4.98 Å². The van der Waals surface area contributed by atoms with Crippen LogP contribution in [-0.4, -0.2) is 9.91 Å². The number of rotatable bonds is 3. The fourth-order valence-electron chi connectivity index (χ4n) is 1.15. The maximum atomic E-state index is 12.4. The van der Waals surface area contributed by atoms with Crippen molar-refractivity contribution < 1.29 is 13.7 Å². The first-order valence-electron chi connectivity index (χ1n) is 4.03. The molecule has 84 valence electrons. The first-order valence-corrected chi connectivity index (χ1v) is 4.03. The smallest absolute Gasteiger partial charge is 0.341 e. The minimum atomic E-state index is -3.17. The number of nitriles is 1. The number of halogens is 2. The van der Waals surface area contributed by atoms with Crippen molar-refractivity contribution in [1.29, 1.82) is 5.26 Å². The lowest BCUT2D eigenvalue weighted by atomic mass is 10.2. The van der Waals surface area contributed by atoms with Gasteiger partial charge in [-0.15, -0.1) is 0 Å². The molecule has 16 heavy (non-hydrogen) atoms. The average molecular weight is 229 g/mol. The van der Waals surface area contributed by atoms with Gasteiger partial charge in [0.1, 0.15) is 0 Å². The summed E-state index contributed by atoms with van der Waals surface area (Å²) in [6.45, 7) is 0. The third kappa shape index (κ3) is 2.20. The van der Waals surface area contributed by atoms with Crippen molar-refractivity contribution in [2.75, 3.05) is 0 Å². The Morgan fingerprint density at radius 1 is 1.62 bits per heavy atom. The molecule has 0 unspecified atom stereocenters. The molecule has 0 aliphatic heterocycles. The molecular weight excluding hydrogens is 224 g/mol. The highest BCUT2D eigenvalue weighted by Crippen LogP contribution is 2.23. The van der Waals surface area contributed by atoms with Crippen LogP contribution >= 0.6 is 0 Å². The van der Waals surface area contributed by atoms with E-state index in [4.69, 9.17) is 5.26 Å². The summed E-state index contributed by atoms with van der Waals surface area (Å²) in [6.07, 6.45) is -3.47. The molecule has 0 fully saturated rings. The lowest BCUT2D eigenvalue weighted by Gasteiger charge is -2.03. The molecule has 1 N–H and O–H groups in total. The summed E-state index contributed by atoms with van der Waals surface area (Å²) in [6, 6.07) is 2.41. The highest BCUT2D eigenvalue weighted by Gasteiger charge is 2.26. The van der Waals surface area contributed by atoms with Gasteiger partial charge in [-0.05, 0) is 0 Å². The van der Waals surface area contributed by atoms with Gasteiger partial charge in [0.15, 0.2) is 5.69 Å². The number of aromatic amines is 1. The summed E-state index contributed by atoms with van der Waals surface area (Å²) in [5.41, 5.74) is -3.46. The Kier molecular flexibility index (Phi) is 3.30. The quantitative estimate of drug-likeness (QED) is 0.623. The van der Waals surface area contributed by atoms with Crippen LogP contribution in [0.25, 0.3) is 0 Å². The van der Waals surface area contributed by atoms with Crippen molar-refractivity contribution in [1.82, 2.24) is 4.98 Å². The van der Waals surface area contributed by atoms with Crippen molar-refractivity contribution in [3.05, 3.63) is 37.8 Å². The van der Waals surface area contributed by atoms with E-state index in [1.54, 1.807) is 6.07 Å². The molecule has 0 spiro atoms. The number of aromatic nitrogens is 1. The Hall–Kier alpha value is -2.30. The Morgan fingerprint density at radius 3 is 2.69 bits per heavy atom. The van der Waals surface area contributed by atoms with Crippen molar-refractivity contribution in [2.24, 2.45) is 0 Å². The number of hydrogen-bond acceptors (Lipinski definition) is 4. The van der Waals surface area contributed by atoms with Crippen LogP contribution in [0, 0.1) is 21.4 Å². The molecule has 0 bridgehead atoms. The van der Waals surface area contributed by atoms with E-state index in [-0.39, 0.29) is 12.1 Å². The fraction of sp³-hybridized carbons (Fsp3) is 0.250. The van der Waals surface area contributed by atoms with Crippen LogP contribution in [0.15, 0.2) is 10.9 Å². The predicted octanol–water partition coefficient (Wildman–Crippen LogP) is 1.29. The molecule has 0 amide bonds. The number of nitrogens with one attached hydrogen (secondary N) is 1. The Bertz CT molecular complexity index is 518. The van der Waals surface area contributed by atoms with E-state index in [2.05, 4.69) is 0 Å². The van der Waals surface area contributed by atoms with Gasteiger partial charge in [-0.25, -0.2) is 8.78 Å². The Morgan fingerprint density at radius 2 is 2.25 bits per heavy atom. The van der Waals surface area contributed by atoms with Gasteiger partial charge in [0.2, 0.25) is 0 Å². The van der Waals surface area contributed by atoms with E-state index < -0.39 is 28.2 Å². The van der Waals surface area contributed by atoms with Crippen LogP contribution in [0.3, 0.4) is 0 Å². The summed E-state index contributed by atoms with van der Waals surface area (Å²) in [5, 5.41) is 18.7. The standard InChI is InChI=1S/C8H5F2N3O3/c9-8(10)6-7(13(15)16)5(14)3-4(12-6)1-2-11/h3,8H,1H2,(H,12,14). The fourth-order valence-corrected chi connectivity index (χ4v) is 1.15. The van der Waals surface area contributed by atoms with Crippen LogP contribution < -0.4 is 5.43 Å². The largest absolute Gasteiger partial charge is 0.351 e. The number of pyridine rings is 1. The summed E-state index contributed by atoms with van der Waals surface area (Å²) >= 11 is 0. The van der Waals surface area contributed by atoms with Gasteiger partial charge in [-0.2, -0.15) is 5.26 Å². The minimum Gasteiger partial charge on any atom is -0.351 e. The van der Waals surface area contributed by atoms with Crippen LogP contribution in [0.5, 0.6) is 0 Å². The summed E-state index contributed by atoms with van der Waals surface area (Å²) < 4.78 is 24.9. The SMILES string of the molecule is N#CCc1cc(=O)c([N+](=O)[O-])c(C(F)F)[nH]1. The first-order chi connectivity index (χ1) is 7.47. The number of nitro groups is 1. The molecule has 1 aromatic heterocycles. The lowest BCUT2D eigenvalue weighted by Crippen LogP contribution is -2.14. The molecule has 0 saturated carbocycles. The number of alkyl halides is 2. The molecule has 1 aromatic rings. The maximum absolute atomic E-state index is 12.4. The van der Waals surface area contributed by atoms with E-state index in [0.717, 1.165) is 6.07 Å². The first kappa shape index (κ1) is 11.8. The zero-order valence-electron chi connectivity index (χ0n) is 7.74. The van der Waals surface area contributed by atoms with Gasteiger partial charge in [0.25, 0.3) is 11.9 Å². The Labute approximate surface area is 87.3 Å². The third-order valence-electron chi connectivity index (χ3n) is 1.76. The van der Waals surface area contributed by atoms with E-state index >= 15 is 0 Å². The van der Waals surface area contributed by atoms with Crippen molar-refractivity contribution in [3.63, 3.8) is 0 Å². The molecule has 1 heterocycles. The second kappa shape index (κ2) is 4.48. The van der Waals surface area contributed by atoms with Gasteiger partial charge in [0, 0.05) is 11.8 Å². The second-order valence-corrected chi connectivity index (χ2v) is 2.81. The Balaban J connectivity index is 3.47. The molecule has 6 nitrogen and oxygen atoms in total. The molecule has 0 aromatic carbocycles. The van der Waals surface area contributed by atoms with E-state index in [1.165, 1.54) is 0 Å². The zero-order chi connectivity index (χ0) is 12.3. The van der Waals surface area contributed by atoms with Gasteiger partial charge in [-0.1, -0.05) is 0 Å². The van der Waals surface area contributed by atoms with Crippen molar-refractivity contribution in [2.45, 2.75) is 12.8 Å². The van der Waals surface area contributed by atoms with Gasteiger partial charge in [-0.3, -0.25) is 14.9 Å². The number of H-pyrrole nitrogens is 1. The average Bonchev–Trinajstić information content (AvgIpc) is 2.16. The molecule has 0 radical (unpaired) electrons. The van der Waals surface area contributed by atoms with Gasteiger partial charge in [0.05, 0.1) is 17.4 Å². The molecule has 8 heteroatoms. The maximum Gasteiger partial charge on any atom is 0.341 e. The monoisotopic (exact) mass is 229 g/mol. The van der Waals surface area contributed by atoms with Crippen LogP contribution in [-0.2, 0) is 6.42 Å². The summed E-state index contributed by atoms with van der Waals surface area (Å²) in [4.78, 5) is 22.4. The minimum absolute atomic E-state index is 0.0756. The molecular formula is C8H5F2N3O3. The topological polar surface area (TPSA) is 99.8 Å². The van der Waals surface area contributed by atoms with Crippen LogP contribution in [0.1, 0.15) is 17.8 Å². The number of hydrogen-bond donors (Lipinski definition) is 1. The summed E-state index contributed by atoms with van der Waals surface area (Å²) in [5.74, 6) is 0. The van der Waals surface area contributed by atoms with Crippen molar-refractivity contribution in [3.8, 4) is 6.07 Å². The highest BCUT2D eigenvalue weighted by molar-refractivity contribution is 5.37. The van der Waals surface area contributed by atoms with Crippen LogP contribution in [0.4, 0.5) is 14.5 Å². The molecule has 0 atom stereocenters. The summed E-state index contributed by atoms with van der Waals surface area (Å²) in [7, 11) is 0. The predicted molar refractivity (Wildman–Crippen MR) is 48.0 cm³/mol. The van der Waals surface area contributed by atoms with Gasteiger partial charge >= 0.3 is 5.69 Å². The third-order valence-corrected chi connectivity index (χ3v) is 1.76. The molecule has 0 aliphatic carbocycles. The van der Waals surface area contributed by atoms with Gasteiger partial charge < -0.3 is 4.98 Å². The normalized spacial score (nSPS) is 10.1. The second-order valence-electron chi connectivity index (χ2n) is 2.81. The van der Waals surface area contributed by atoms with Crippen molar-refractivity contribution >= 4 is 5.69 Å². The van der Waals surface area contributed by atoms with E-state index in [0.29, 0.717) is 0 Å². The molecule has 1 rings (SSSR count). The number of nitrogens with zero attached hydrogens (tertiary/aromatic N) is 2. The molecule has 0 aliphatic rings. The lowest BCUT2D eigenvalue weighted by molar-refractivity contribution is -0.387.